The van der Waals surface area contributed by atoms with Crippen LogP contribution in [-0.4, -0.2) is 4.98 Å². The molecule has 0 aliphatic carbocycles. The molecule has 0 saturated heterocycles. The van der Waals surface area contributed by atoms with Gasteiger partial charge in [0.1, 0.15) is 5.75 Å². The highest BCUT2D eigenvalue weighted by Crippen LogP contribution is 2.31. The minimum Gasteiger partial charge on any atom is -0.437 e. The van der Waals surface area contributed by atoms with Gasteiger partial charge in [0.25, 0.3) is 0 Å². The van der Waals surface area contributed by atoms with Crippen LogP contribution in [0, 0.1) is 0 Å². The summed E-state index contributed by atoms with van der Waals surface area (Å²) in [4.78, 5) is 4.56. The number of hydrogen-bond donors (Lipinski definition) is 1. The standard InChI is InChI=1S/C16H13BrN2O/c17-13-6-2-4-8-15(13)20-16-12(10-18)9-11-5-1-3-7-14(11)19-16/h1-9H,10,18H2. The number of aromatic nitrogens is 1. The Hall–Kier alpha value is -1.91. The Kier molecular flexibility index (Phi) is 3.67. The molecular weight excluding hydrogens is 316 g/mol. The van der Waals surface area contributed by atoms with Gasteiger partial charge >= 0.3 is 0 Å². The predicted octanol–water partition coefficient (Wildman–Crippen LogP) is 4.25. The van der Waals surface area contributed by atoms with E-state index in [-0.39, 0.29) is 0 Å². The van der Waals surface area contributed by atoms with E-state index >= 15 is 0 Å². The number of fused-ring (bicyclic) bond motifs is 1. The number of rotatable bonds is 3. The lowest BCUT2D eigenvalue weighted by molar-refractivity contribution is 0.456. The molecule has 100 valence electrons. The van der Waals surface area contributed by atoms with E-state index in [2.05, 4.69) is 20.9 Å². The van der Waals surface area contributed by atoms with Crippen molar-refractivity contribution < 1.29 is 4.74 Å². The van der Waals surface area contributed by atoms with Gasteiger partial charge in [0.15, 0.2) is 0 Å². The second-order valence-electron chi connectivity index (χ2n) is 4.38. The van der Waals surface area contributed by atoms with Crippen molar-refractivity contribution in [3.8, 4) is 11.6 Å². The normalized spacial score (nSPS) is 10.7. The van der Waals surface area contributed by atoms with Gasteiger partial charge in [0.2, 0.25) is 5.88 Å². The van der Waals surface area contributed by atoms with Crippen LogP contribution in [0.15, 0.2) is 59.1 Å². The molecular formula is C16H13BrN2O. The zero-order chi connectivity index (χ0) is 13.9. The third-order valence-electron chi connectivity index (χ3n) is 3.03. The highest BCUT2D eigenvalue weighted by Gasteiger charge is 2.09. The fraction of sp³-hybridized carbons (Fsp3) is 0.0625. The van der Waals surface area contributed by atoms with Crippen LogP contribution < -0.4 is 10.5 Å². The zero-order valence-electron chi connectivity index (χ0n) is 10.7. The Morgan fingerprint density at radius 3 is 2.60 bits per heavy atom. The number of nitrogens with two attached hydrogens (primary N) is 1. The molecule has 3 nitrogen and oxygen atoms in total. The van der Waals surface area contributed by atoms with E-state index in [4.69, 9.17) is 10.5 Å². The first kappa shape index (κ1) is 13.1. The Bertz CT molecular complexity index is 758. The molecule has 0 aliphatic heterocycles. The minimum atomic E-state index is 0.387. The summed E-state index contributed by atoms with van der Waals surface area (Å²) in [6.45, 7) is 0.387. The summed E-state index contributed by atoms with van der Waals surface area (Å²) in [5, 5.41) is 1.06. The van der Waals surface area contributed by atoms with Crippen LogP contribution in [0.2, 0.25) is 0 Å². The summed E-state index contributed by atoms with van der Waals surface area (Å²) < 4.78 is 6.79. The fourth-order valence-electron chi connectivity index (χ4n) is 2.01. The van der Waals surface area contributed by atoms with Crippen LogP contribution >= 0.6 is 15.9 Å². The lowest BCUT2D eigenvalue weighted by Crippen LogP contribution is -2.02. The van der Waals surface area contributed by atoms with E-state index in [1.54, 1.807) is 0 Å². The van der Waals surface area contributed by atoms with Crippen molar-refractivity contribution in [2.75, 3.05) is 0 Å². The largest absolute Gasteiger partial charge is 0.437 e. The average Bonchev–Trinajstić information content (AvgIpc) is 2.49. The molecule has 0 amide bonds. The quantitative estimate of drug-likeness (QED) is 0.781. The summed E-state index contributed by atoms with van der Waals surface area (Å²) >= 11 is 3.47. The molecule has 1 heterocycles. The number of ether oxygens (including phenoxy) is 1. The molecule has 0 spiro atoms. The van der Waals surface area contributed by atoms with Gasteiger partial charge in [-0.15, -0.1) is 0 Å². The van der Waals surface area contributed by atoms with Gasteiger partial charge < -0.3 is 10.5 Å². The van der Waals surface area contributed by atoms with Crippen molar-refractivity contribution in [3.05, 3.63) is 64.6 Å². The molecule has 0 atom stereocenters. The van der Waals surface area contributed by atoms with Gasteiger partial charge in [-0.3, -0.25) is 0 Å². The van der Waals surface area contributed by atoms with Crippen molar-refractivity contribution in [2.24, 2.45) is 5.73 Å². The van der Waals surface area contributed by atoms with Gasteiger partial charge in [-0.25, -0.2) is 4.98 Å². The molecule has 0 saturated carbocycles. The highest BCUT2D eigenvalue weighted by molar-refractivity contribution is 9.10. The van der Waals surface area contributed by atoms with Crippen LogP contribution in [0.4, 0.5) is 0 Å². The van der Waals surface area contributed by atoms with E-state index in [0.717, 1.165) is 26.7 Å². The topological polar surface area (TPSA) is 48.1 Å². The molecule has 0 unspecified atom stereocenters. The second-order valence-corrected chi connectivity index (χ2v) is 5.24. The summed E-state index contributed by atoms with van der Waals surface area (Å²) in [5.41, 5.74) is 7.59. The van der Waals surface area contributed by atoms with E-state index in [0.29, 0.717) is 12.4 Å². The monoisotopic (exact) mass is 328 g/mol. The zero-order valence-corrected chi connectivity index (χ0v) is 12.3. The minimum absolute atomic E-state index is 0.387. The van der Waals surface area contributed by atoms with Crippen molar-refractivity contribution >= 4 is 26.8 Å². The fourth-order valence-corrected chi connectivity index (χ4v) is 2.37. The van der Waals surface area contributed by atoms with Gasteiger partial charge in [-0.1, -0.05) is 30.3 Å². The summed E-state index contributed by atoms with van der Waals surface area (Å²) in [6.07, 6.45) is 0. The van der Waals surface area contributed by atoms with E-state index < -0.39 is 0 Å². The van der Waals surface area contributed by atoms with Gasteiger partial charge in [-0.05, 0) is 40.2 Å². The summed E-state index contributed by atoms with van der Waals surface area (Å²) in [6, 6.07) is 17.6. The van der Waals surface area contributed by atoms with Crippen LogP contribution in [0.5, 0.6) is 11.6 Å². The van der Waals surface area contributed by atoms with E-state index in [9.17, 15) is 0 Å². The van der Waals surface area contributed by atoms with Crippen molar-refractivity contribution in [1.82, 2.24) is 4.98 Å². The number of nitrogens with zero attached hydrogens (tertiary/aromatic N) is 1. The van der Waals surface area contributed by atoms with Crippen LogP contribution in [0.3, 0.4) is 0 Å². The lowest BCUT2D eigenvalue weighted by atomic mass is 10.1. The molecule has 3 aromatic rings. The first-order valence-corrected chi connectivity index (χ1v) is 7.08. The number of pyridine rings is 1. The maximum Gasteiger partial charge on any atom is 0.224 e. The van der Waals surface area contributed by atoms with E-state index in [1.165, 1.54) is 0 Å². The molecule has 2 N–H and O–H groups in total. The van der Waals surface area contributed by atoms with Gasteiger partial charge in [0, 0.05) is 17.5 Å². The molecule has 0 fully saturated rings. The number of para-hydroxylation sites is 2. The summed E-state index contributed by atoms with van der Waals surface area (Å²) in [5.74, 6) is 1.28. The third kappa shape index (κ3) is 2.53. The summed E-state index contributed by atoms with van der Waals surface area (Å²) in [7, 11) is 0. The van der Waals surface area contributed by atoms with Crippen molar-refractivity contribution in [2.45, 2.75) is 6.54 Å². The third-order valence-corrected chi connectivity index (χ3v) is 3.68. The molecule has 0 radical (unpaired) electrons. The highest BCUT2D eigenvalue weighted by atomic mass is 79.9. The number of halogens is 1. The molecule has 1 aromatic heterocycles. The van der Waals surface area contributed by atoms with Gasteiger partial charge in [0.05, 0.1) is 9.99 Å². The molecule has 4 heteroatoms. The first-order valence-electron chi connectivity index (χ1n) is 6.29. The molecule has 0 bridgehead atoms. The van der Waals surface area contributed by atoms with Crippen LogP contribution in [0.25, 0.3) is 10.9 Å². The Morgan fingerprint density at radius 1 is 1.05 bits per heavy atom. The molecule has 20 heavy (non-hydrogen) atoms. The van der Waals surface area contributed by atoms with Gasteiger partial charge in [-0.2, -0.15) is 0 Å². The Balaban J connectivity index is 2.08. The number of benzene rings is 2. The number of hydrogen-bond acceptors (Lipinski definition) is 3. The smallest absolute Gasteiger partial charge is 0.224 e. The lowest BCUT2D eigenvalue weighted by Gasteiger charge is -2.11. The van der Waals surface area contributed by atoms with Crippen molar-refractivity contribution in [1.29, 1.82) is 0 Å². The van der Waals surface area contributed by atoms with Crippen LogP contribution in [-0.2, 0) is 6.54 Å². The second kappa shape index (κ2) is 5.61. The molecule has 2 aromatic carbocycles. The van der Waals surface area contributed by atoms with Crippen molar-refractivity contribution in [3.63, 3.8) is 0 Å². The Labute approximate surface area is 125 Å². The average molecular weight is 329 g/mol. The van der Waals surface area contributed by atoms with Crippen LogP contribution in [0.1, 0.15) is 5.56 Å². The molecule has 3 rings (SSSR count). The SMILES string of the molecule is NCc1cc2ccccc2nc1Oc1ccccc1Br. The maximum absolute atomic E-state index is 5.90. The predicted molar refractivity (Wildman–Crippen MR) is 83.9 cm³/mol. The molecule has 0 aliphatic rings. The van der Waals surface area contributed by atoms with E-state index in [1.807, 2.05) is 54.6 Å². The first-order chi connectivity index (χ1) is 9.78. The Morgan fingerprint density at radius 2 is 1.80 bits per heavy atom. The maximum atomic E-state index is 5.90.